The second-order valence-electron chi connectivity index (χ2n) is 13.8. The molecule has 1 aliphatic carbocycles. The van der Waals surface area contributed by atoms with Gasteiger partial charge in [-0.2, -0.15) is 0 Å². The van der Waals surface area contributed by atoms with E-state index < -0.39 is 5.97 Å². The van der Waals surface area contributed by atoms with Gasteiger partial charge in [-0.05, 0) is 72.3 Å². The zero-order chi connectivity index (χ0) is 30.7. The molecule has 0 bridgehead atoms. The lowest BCUT2D eigenvalue weighted by Gasteiger charge is -2.45. The van der Waals surface area contributed by atoms with Crippen LogP contribution in [0, 0.1) is 11.3 Å². The number of rotatable bonds is 7. The third-order valence-electron chi connectivity index (χ3n) is 8.80. The SMILES string of the molecule is CC(C)(C)c1ccc(NC(=O)N(C2CCC(C(C)(C)C)CC2)C2CCOc3cc(C(=O)NCCC(=O)O)ccc32)cc1. The molecule has 0 aromatic heterocycles. The van der Waals surface area contributed by atoms with E-state index in [4.69, 9.17) is 9.84 Å². The monoisotopic (exact) mass is 577 g/mol. The van der Waals surface area contributed by atoms with Crippen LogP contribution in [0.5, 0.6) is 5.75 Å². The van der Waals surface area contributed by atoms with Gasteiger partial charge in [0.1, 0.15) is 5.75 Å². The third-order valence-corrected chi connectivity index (χ3v) is 8.80. The molecule has 2 aliphatic rings. The standard InChI is InChI=1S/C34H47N3O5/c1-33(2,3)23-8-12-25(13-9-23)36-32(41)37(26-14-10-24(11-15-26)34(4,5)6)28-18-20-42-29-21-22(7-16-27(28)29)31(40)35-19-17-30(38)39/h7-9,12-13,16,21,24,26,28H,10-11,14-15,17-20H2,1-6H3,(H,35,40)(H,36,41)(H,38,39). The highest BCUT2D eigenvalue weighted by Crippen LogP contribution is 2.44. The molecule has 1 saturated carbocycles. The molecule has 3 N–H and O–H groups in total. The maximum absolute atomic E-state index is 14.1. The molecule has 8 heteroatoms. The van der Waals surface area contributed by atoms with E-state index in [1.807, 2.05) is 23.1 Å². The van der Waals surface area contributed by atoms with Gasteiger partial charge in [-0.3, -0.25) is 9.59 Å². The van der Waals surface area contributed by atoms with Crippen LogP contribution in [0.3, 0.4) is 0 Å². The molecule has 0 radical (unpaired) electrons. The Morgan fingerprint density at radius 2 is 1.60 bits per heavy atom. The van der Waals surface area contributed by atoms with Gasteiger partial charge < -0.3 is 25.4 Å². The summed E-state index contributed by atoms with van der Waals surface area (Å²) in [5, 5.41) is 14.7. The van der Waals surface area contributed by atoms with E-state index in [-0.39, 0.29) is 47.8 Å². The van der Waals surface area contributed by atoms with Crippen LogP contribution < -0.4 is 15.4 Å². The van der Waals surface area contributed by atoms with Crippen LogP contribution in [0.25, 0.3) is 0 Å². The fourth-order valence-electron chi connectivity index (χ4n) is 6.21. The zero-order valence-corrected chi connectivity index (χ0v) is 26.0. The smallest absolute Gasteiger partial charge is 0.322 e. The zero-order valence-electron chi connectivity index (χ0n) is 26.0. The number of urea groups is 1. The van der Waals surface area contributed by atoms with E-state index in [2.05, 4.69) is 64.3 Å². The van der Waals surface area contributed by atoms with Gasteiger partial charge in [-0.1, -0.05) is 59.7 Å². The van der Waals surface area contributed by atoms with E-state index in [0.717, 1.165) is 36.9 Å². The third kappa shape index (κ3) is 7.64. The highest BCUT2D eigenvalue weighted by Gasteiger charge is 2.39. The van der Waals surface area contributed by atoms with Crippen LogP contribution >= 0.6 is 0 Å². The van der Waals surface area contributed by atoms with E-state index in [1.165, 1.54) is 5.56 Å². The van der Waals surface area contributed by atoms with Crippen molar-refractivity contribution in [2.75, 3.05) is 18.5 Å². The van der Waals surface area contributed by atoms with E-state index in [0.29, 0.717) is 30.3 Å². The number of fused-ring (bicyclic) bond motifs is 1. The number of nitrogens with one attached hydrogen (secondary N) is 2. The normalized spacial score (nSPS) is 20.6. The number of hydrogen-bond donors (Lipinski definition) is 3. The molecule has 4 rings (SSSR count). The van der Waals surface area contributed by atoms with Gasteiger partial charge in [0.25, 0.3) is 5.91 Å². The van der Waals surface area contributed by atoms with E-state index in [1.54, 1.807) is 12.1 Å². The number of carboxylic acid groups (broad SMARTS) is 1. The molecular weight excluding hydrogens is 530 g/mol. The van der Waals surface area contributed by atoms with Gasteiger partial charge in [-0.15, -0.1) is 0 Å². The quantitative estimate of drug-likeness (QED) is 0.324. The van der Waals surface area contributed by atoms with Crippen molar-refractivity contribution in [3.8, 4) is 5.75 Å². The van der Waals surface area contributed by atoms with Crippen molar-refractivity contribution in [1.82, 2.24) is 10.2 Å². The first-order valence-corrected chi connectivity index (χ1v) is 15.2. The number of ether oxygens (including phenoxy) is 1. The van der Waals surface area contributed by atoms with Crippen molar-refractivity contribution in [3.05, 3.63) is 59.2 Å². The molecule has 2 aromatic rings. The lowest BCUT2D eigenvalue weighted by molar-refractivity contribution is -0.136. The number of carbonyl (C=O) groups excluding carboxylic acids is 2. The number of nitrogens with zero attached hydrogens (tertiary/aromatic N) is 1. The van der Waals surface area contributed by atoms with Crippen LogP contribution in [-0.2, 0) is 10.2 Å². The predicted octanol–water partition coefficient (Wildman–Crippen LogP) is 7.15. The first-order valence-electron chi connectivity index (χ1n) is 15.2. The molecule has 0 spiro atoms. The molecule has 8 nitrogen and oxygen atoms in total. The molecule has 3 amide bonds. The fraction of sp³-hybridized carbons (Fsp3) is 0.559. The molecule has 1 aliphatic heterocycles. The molecule has 42 heavy (non-hydrogen) atoms. The Hall–Kier alpha value is -3.55. The number of anilines is 1. The van der Waals surface area contributed by atoms with E-state index in [9.17, 15) is 14.4 Å². The Bertz CT molecular complexity index is 1270. The molecule has 1 heterocycles. The Kier molecular flexibility index (Phi) is 9.53. The van der Waals surface area contributed by atoms with Crippen molar-refractivity contribution >= 4 is 23.6 Å². The van der Waals surface area contributed by atoms with Gasteiger partial charge in [0.05, 0.1) is 19.1 Å². The van der Waals surface area contributed by atoms with Crippen molar-refractivity contribution in [2.24, 2.45) is 11.3 Å². The Morgan fingerprint density at radius 1 is 0.929 bits per heavy atom. The lowest BCUT2D eigenvalue weighted by atomic mass is 9.71. The van der Waals surface area contributed by atoms with Gasteiger partial charge in [0.2, 0.25) is 0 Å². The van der Waals surface area contributed by atoms with Crippen LogP contribution in [0.15, 0.2) is 42.5 Å². The molecular formula is C34H47N3O5. The van der Waals surface area contributed by atoms with E-state index >= 15 is 0 Å². The summed E-state index contributed by atoms with van der Waals surface area (Å²) in [4.78, 5) is 39.6. The topological polar surface area (TPSA) is 108 Å². The van der Waals surface area contributed by atoms with Crippen LogP contribution in [0.4, 0.5) is 10.5 Å². The maximum Gasteiger partial charge on any atom is 0.322 e. The van der Waals surface area contributed by atoms with Crippen LogP contribution in [0.1, 0.15) is 108 Å². The number of amides is 3. The number of carboxylic acids is 1. The highest BCUT2D eigenvalue weighted by molar-refractivity contribution is 5.95. The number of benzene rings is 2. The van der Waals surface area contributed by atoms with Crippen molar-refractivity contribution in [3.63, 3.8) is 0 Å². The Balaban J connectivity index is 1.59. The minimum absolute atomic E-state index is 0.0259. The van der Waals surface area contributed by atoms with Gasteiger partial charge in [-0.25, -0.2) is 4.79 Å². The summed E-state index contributed by atoms with van der Waals surface area (Å²) in [6.45, 7) is 13.9. The summed E-state index contributed by atoms with van der Waals surface area (Å²) < 4.78 is 6.00. The summed E-state index contributed by atoms with van der Waals surface area (Å²) in [7, 11) is 0. The average molecular weight is 578 g/mol. The average Bonchev–Trinajstić information content (AvgIpc) is 2.92. The molecule has 1 fully saturated rings. The minimum atomic E-state index is -0.966. The molecule has 1 unspecified atom stereocenters. The van der Waals surface area contributed by atoms with Gasteiger partial charge in [0, 0.05) is 35.8 Å². The highest BCUT2D eigenvalue weighted by atomic mass is 16.5. The summed E-state index contributed by atoms with van der Waals surface area (Å²) in [5.41, 5.74) is 3.53. The summed E-state index contributed by atoms with van der Waals surface area (Å²) in [6, 6.07) is 13.2. The number of carbonyl (C=O) groups is 3. The summed E-state index contributed by atoms with van der Waals surface area (Å²) in [5.74, 6) is -0.105. The molecule has 1 atom stereocenters. The van der Waals surface area contributed by atoms with Crippen LogP contribution in [-0.4, -0.2) is 47.1 Å². The second-order valence-corrected chi connectivity index (χ2v) is 13.8. The fourth-order valence-corrected chi connectivity index (χ4v) is 6.21. The molecule has 228 valence electrons. The molecule has 2 aromatic carbocycles. The molecule has 0 saturated heterocycles. The number of hydrogen-bond acceptors (Lipinski definition) is 4. The Morgan fingerprint density at radius 3 is 2.19 bits per heavy atom. The first kappa shape index (κ1) is 31.4. The van der Waals surface area contributed by atoms with Crippen molar-refractivity contribution < 1.29 is 24.2 Å². The minimum Gasteiger partial charge on any atom is -0.493 e. The van der Waals surface area contributed by atoms with Crippen LogP contribution in [0.2, 0.25) is 0 Å². The Labute approximate surface area is 250 Å². The number of aliphatic carboxylic acids is 1. The lowest BCUT2D eigenvalue weighted by Crippen LogP contribution is -2.48. The van der Waals surface area contributed by atoms with Crippen molar-refractivity contribution in [2.45, 2.75) is 97.6 Å². The van der Waals surface area contributed by atoms with Crippen molar-refractivity contribution in [1.29, 1.82) is 0 Å². The summed E-state index contributed by atoms with van der Waals surface area (Å²) in [6.07, 6.45) is 4.54. The summed E-state index contributed by atoms with van der Waals surface area (Å²) >= 11 is 0. The second kappa shape index (κ2) is 12.8. The van der Waals surface area contributed by atoms with Gasteiger partial charge in [0.15, 0.2) is 0 Å². The van der Waals surface area contributed by atoms with Gasteiger partial charge >= 0.3 is 12.0 Å². The first-order chi connectivity index (χ1) is 19.7. The largest absolute Gasteiger partial charge is 0.493 e. The maximum atomic E-state index is 14.1. The predicted molar refractivity (Wildman–Crippen MR) is 165 cm³/mol.